The van der Waals surface area contributed by atoms with Gasteiger partial charge in [-0.25, -0.2) is 4.79 Å². The quantitative estimate of drug-likeness (QED) is 0.829. The molecule has 0 heterocycles. The molecule has 1 rings (SSSR count). The van der Waals surface area contributed by atoms with Crippen molar-refractivity contribution in [3.05, 3.63) is 29.3 Å². The van der Waals surface area contributed by atoms with Crippen molar-refractivity contribution in [1.29, 1.82) is 0 Å². The first kappa shape index (κ1) is 13.5. The molecular weight excluding hydrogens is 216 g/mol. The first-order valence-electron chi connectivity index (χ1n) is 5.57. The van der Waals surface area contributed by atoms with Crippen molar-refractivity contribution >= 4 is 11.8 Å². The molecule has 4 nitrogen and oxygen atoms in total. The van der Waals surface area contributed by atoms with Crippen LogP contribution in [0.1, 0.15) is 31.9 Å². The van der Waals surface area contributed by atoms with Gasteiger partial charge in [0.2, 0.25) is 0 Å². The number of amides is 1. The third-order valence-electron chi connectivity index (χ3n) is 2.75. The van der Waals surface area contributed by atoms with Gasteiger partial charge in [0.05, 0.1) is 5.69 Å². The second-order valence-corrected chi connectivity index (χ2v) is 5.15. The van der Waals surface area contributed by atoms with Crippen LogP contribution >= 0.6 is 0 Å². The van der Waals surface area contributed by atoms with E-state index in [1.807, 2.05) is 18.2 Å². The summed E-state index contributed by atoms with van der Waals surface area (Å²) in [7, 11) is 1.55. The molecule has 1 aromatic rings. The normalized spacial score (nSPS) is 11.4. The maximum atomic E-state index is 11.0. The van der Waals surface area contributed by atoms with Gasteiger partial charge in [-0.15, -0.1) is 0 Å². The summed E-state index contributed by atoms with van der Waals surface area (Å²) >= 11 is 0. The van der Waals surface area contributed by atoms with Crippen LogP contribution in [-0.4, -0.2) is 18.2 Å². The molecule has 3 N–H and O–H groups in total. The Morgan fingerprint density at radius 1 is 1.41 bits per heavy atom. The van der Waals surface area contributed by atoms with Crippen LogP contribution in [0.3, 0.4) is 0 Å². The van der Waals surface area contributed by atoms with E-state index in [-0.39, 0.29) is 5.41 Å². The fourth-order valence-corrected chi connectivity index (χ4v) is 1.71. The lowest BCUT2D eigenvalue weighted by molar-refractivity contribution is 0.203. The van der Waals surface area contributed by atoms with Gasteiger partial charge in [0, 0.05) is 13.6 Å². The molecular formula is C13H20N2O2. The number of hydrogen-bond donors (Lipinski definition) is 2. The fraction of sp³-hybridized carbons (Fsp3) is 0.462. The number of carbonyl (C=O) groups is 1. The SMILES string of the molecule is CN(C(=O)O)c1ccc(CN)cc1C(C)(C)C. The summed E-state index contributed by atoms with van der Waals surface area (Å²) in [5.74, 6) is 0. The molecule has 0 saturated carbocycles. The zero-order valence-corrected chi connectivity index (χ0v) is 10.8. The highest BCUT2D eigenvalue weighted by Gasteiger charge is 2.22. The van der Waals surface area contributed by atoms with Crippen LogP contribution in [0.2, 0.25) is 0 Å². The van der Waals surface area contributed by atoms with Crippen LogP contribution < -0.4 is 10.6 Å². The Balaban J connectivity index is 3.35. The predicted octanol–water partition coefficient (Wildman–Crippen LogP) is 2.56. The Labute approximate surface area is 102 Å². The van der Waals surface area contributed by atoms with E-state index >= 15 is 0 Å². The van der Waals surface area contributed by atoms with Crippen LogP contribution in [-0.2, 0) is 12.0 Å². The lowest BCUT2D eigenvalue weighted by Crippen LogP contribution is -2.27. The number of nitrogens with zero attached hydrogens (tertiary/aromatic N) is 1. The number of carboxylic acid groups (broad SMARTS) is 1. The summed E-state index contributed by atoms with van der Waals surface area (Å²) in [5.41, 5.74) is 8.21. The van der Waals surface area contributed by atoms with Crippen LogP contribution in [0.25, 0.3) is 0 Å². The van der Waals surface area contributed by atoms with Gasteiger partial charge in [-0.05, 0) is 22.6 Å². The van der Waals surface area contributed by atoms with Crippen molar-refractivity contribution in [2.45, 2.75) is 32.7 Å². The minimum atomic E-state index is -0.962. The molecule has 94 valence electrons. The van der Waals surface area contributed by atoms with E-state index in [1.165, 1.54) is 4.90 Å². The van der Waals surface area contributed by atoms with E-state index in [4.69, 9.17) is 10.8 Å². The van der Waals surface area contributed by atoms with Gasteiger partial charge in [0.1, 0.15) is 0 Å². The Hall–Kier alpha value is -1.55. The molecule has 0 unspecified atom stereocenters. The van der Waals surface area contributed by atoms with E-state index < -0.39 is 6.09 Å². The number of nitrogens with two attached hydrogens (primary N) is 1. The molecule has 0 aromatic heterocycles. The molecule has 0 fully saturated rings. The first-order valence-corrected chi connectivity index (χ1v) is 5.57. The smallest absolute Gasteiger partial charge is 0.411 e. The number of hydrogen-bond acceptors (Lipinski definition) is 2. The van der Waals surface area contributed by atoms with Crippen LogP contribution in [0.5, 0.6) is 0 Å². The summed E-state index contributed by atoms with van der Waals surface area (Å²) in [5, 5.41) is 9.05. The molecule has 4 heteroatoms. The molecule has 0 aliphatic heterocycles. The molecule has 0 aliphatic carbocycles. The van der Waals surface area contributed by atoms with E-state index in [0.717, 1.165) is 11.1 Å². The van der Waals surface area contributed by atoms with Gasteiger partial charge in [0.25, 0.3) is 0 Å². The van der Waals surface area contributed by atoms with Crippen molar-refractivity contribution in [3.63, 3.8) is 0 Å². The second kappa shape index (κ2) is 4.75. The first-order chi connectivity index (χ1) is 7.77. The van der Waals surface area contributed by atoms with Crippen molar-refractivity contribution < 1.29 is 9.90 Å². The van der Waals surface area contributed by atoms with Gasteiger partial charge in [0.15, 0.2) is 0 Å². The Morgan fingerprint density at radius 2 is 2.00 bits per heavy atom. The summed E-state index contributed by atoms with van der Waals surface area (Å²) in [6.45, 7) is 6.63. The molecule has 0 saturated heterocycles. The van der Waals surface area contributed by atoms with Crippen LogP contribution in [0.15, 0.2) is 18.2 Å². The molecule has 0 atom stereocenters. The Kier molecular flexibility index (Phi) is 3.78. The topological polar surface area (TPSA) is 66.6 Å². The zero-order chi connectivity index (χ0) is 13.2. The molecule has 0 bridgehead atoms. The molecule has 0 spiro atoms. The third-order valence-corrected chi connectivity index (χ3v) is 2.75. The lowest BCUT2D eigenvalue weighted by atomic mass is 9.84. The van der Waals surface area contributed by atoms with E-state index in [0.29, 0.717) is 12.2 Å². The van der Waals surface area contributed by atoms with Gasteiger partial charge in [-0.3, -0.25) is 4.90 Å². The third kappa shape index (κ3) is 2.97. The molecule has 0 radical (unpaired) electrons. The Morgan fingerprint density at radius 3 is 2.41 bits per heavy atom. The van der Waals surface area contributed by atoms with Crippen molar-refractivity contribution in [1.82, 2.24) is 0 Å². The monoisotopic (exact) mass is 236 g/mol. The molecule has 1 aromatic carbocycles. The number of rotatable bonds is 2. The van der Waals surface area contributed by atoms with Gasteiger partial charge < -0.3 is 10.8 Å². The zero-order valence-electron chi connectivity index (χ0n) is 10.8. The maximum absolute atomic E-state index is 11.0. The number of benzene rings is 1. The maximum Gasteiger partial charge on any atom is 0.411 e. The van der Waals surface area contributed by atoms with Crippen molar-refractivity contribution in [2.24, 2.45) is 5.73 Å². The minimum absolute atomic E-state index is 0.121. The highest BCUT2D eigenvalue weighted by atomic mass is 16.4. The van der Waals surface area contributed by atoms with Crippen LogP contribution in [0.4, 0.5) is 10.5 Å². The average Bonchev–Trinajstić information content (AvgIpc) is 2.26. The highest BCUT2D eigenvalue weighted by molar-refractivity contribution is 5.86. The standard InChI is InChI=1S/C13H20N2O2/c1-13(2,3)10-7-9(8-14)5-6-11(10)15(4)12(16)17/h5-7H,8,14H2,1-4H3,(H,16,17). The van der Waals surface area contributed by atoms with Crippen molar-refractivity contribution in [2.75, 3.05) is 11.9 Å². The average molecular weight is 236 g/mol. The van der Waals surface area contributed by atoms with Gasteiger partial charge >= 0.3 is 6.09 Å². The highest BCUT2D eigenvalue weighted by Crippen LogP contribution is 2.32. The Bertz CT molecular complexity index is 422. The number of anilines is 1. The van der Waals surface area contributed by atoms with Gasteiger partial charge in [-0.1, -0.05) is 32.9 Å². The summed E-state index contributed by atoms with van der Waals surface area (Å²) < 4.78 is 0. The van der Waals surface area contributed by atoms with E-state index in [1.54, 1.807) is 7.05 Å². The minimum Gasteiger partial charge on any atom is -0.465 e. The molecule has 0 aliphatic rings. The molecule has 17 heavy (non-hydrogen) atoms. The van der Waals surface area contributed by atoms with E-state index in [2.05, 4.69) is 20.8 Å². The predicted molar refractivity (Wildman–Crippen MR) is 69.5 cm³/mol. The molecule has 1 amide bonds. The summed E-state index contributed by atoms with van der Waals surface area (Å²) in [4.78, 5) is 12.3. The lowest BCUT2D eigenvalue weighted by Gasteiger charge is -2.27. The summed E-state index contributed by atoms with van der Waals surface area (Å²) in [6, 6.07) is 5.66. The van der Waals surface area contributed by atoms with Gasteiger partial charge in [-0.2, -0.15) is 0 Å². The van der Waals surface area contributed by atoms with E-state index in [9.17, 15) is 4.79 Å². The second-order valence-electron chi connectivity index (χ2n) is 5.15. The largest absolute Gasteiger partial charge is 0.465 e. The summed E-state index contributed by atoms with van der Waals surface area (Å²) in [6.07, 6.45) is -0.962. The van der Waals surface area contributed by atoms with Crippen molar-refractivity contribution in [3.8, 4) is 0 Å². The fourth-order valence-electron chi connectivity index (χ4n) is 1.71. The van der Waals surface area contributed by atoms with Crippen LogP contribution in [0, 0.1) is 0 Å².